The summed E-state index contributed by atoms with van der Waals surface area (Å²) in [5, 5.41) is 0. The molecule has 1 aliphatic rings. The molecule has 19 heavy (non-hydrogen) atoms. The molecule has 1 unspecified atom stereocenters. The van der Waals surface area contributed by atoms with Crippen LogP contribution in [0.15, 0.2) is 16.7 Å². The molecule has 4 nitrogen and oxygen atoms in total. The molecule has 2 rings (SSSR count). The maximum atomic E-state index is 5.69. The van der Waals surface area contributed by atoms with E-state index in [0.717, 1.165) is 49.6 Å². The number of piperazine rings is 1. The van der Waals surface area contributed by atoms with Gasteiger partial charge in [0, 0.05) is 38.9 Å². The summed E-state index contributed by atoms with van der Waals surface area (Å²) in [5.41, 5.74) is 6.87. The fraction of sp³-hybridized carbons (Fsp3) is 0.643. The molecule has 0 aliphatic carbocycles. The van der Waals surface area contributed by atoms with Gasteiger partial charge in [-0.05, 0) is 46.9 Å². The quantitative estimate of drug-likeness (QED) is 0.917. The summed E-state index contributed by atoms with van der Waals surface area (Å²) in [6.07, 6.45) is 1.93. The lowest BCUT2D eigenvalue weighted by atomic mass is 10.1. The number of aromatic nitrogens is 1. The second kappa shape index (κ2) is 6.68. The molecule has 0 bridgehead atoms. The van der Waals surface area contributed by atoms with E-state index >= 15 is 0 Å². The fourth-order valence-corrected chi connectivity index (χ4v) is 3.13. The molecular weight excluding hydrogens is 304 g/mol. The van der Waals surface area contributed by atoms with Gasteiger partial charge in [-0.25, -0.2) is 4.98 Å². The van der Waals surface area contributed by atoms with Crippen LogP contribution in [0.5, 0.6) is 0 Å². The number of pyridine rings is 1. The summed E-state index contributed by atoms with van der Waals surface area (Å²) < 4.78 is 1.09. The molecule has 0 radical (unpaired) electrons. The molecule has 1 atom stereocenters. The Balaban J connectivity index is 1.92. The second-order valence-electron chi connectivity index (χ2n) is 5.45. The van der Waals surface area contributed by atoms with Crippen molar-refractivity contribution >= 4 is 21.7 Å². The molecule has 2 heterocycles. The van der Waals surface area contributed by atoms with Crippen LogP contribution < -0.4 is 10.6 Å². The van der Waals surface area contributed by atoms with Crippen LogP contribution in [0.4, 0.5) is 5.82 Å². The van der Waals surface area contributed by atoms with Crippen molar-refractivity contribution in [1.82, 2.24) is 9.88 Å². The van der Waals surface area contributed by atoms with E-state index < -0.39 is 0 Å². The number of nitrogens with zero attached hydrogens (tertiary/aromatic N) is 3. The Kier molecular flexibility index (Phi) is 5.19. The second-order valence-corrected chi connectivity index (χ2v) is 6.30. The van der Waals surface area contributed by atoms with Gasteiger partial charge in [0.1, 0.15) is 5.82 Å². The van der Waals surface area contributed by atoms with E-state index in [2.05, 4.69) is 50.6 Å². The highest BCUT2D eigenvalue weighted by molar-refractivity contribution is 9.10. The van der Waals surface area contributed by atoms with Crippen LogP contribution in [0.3, 0.4) is 0 Å². The summed E-state index contributed by atoms with van der Waals surface area (Å²) >= 11 is 3.61. The van der Waals surface area contributed by atoms with Crippen LogP contribution >= 0.6 is 15.9 Å². The SMILES string of the molecule is Cc1cnc(N2CCN(CC(C)CN)CC2)c(Br)c1. The molecule has 0 aromatic carbocycles. The van der Waals surface area contributed by atoms with Crippen molar-refractivity contribution in [2.24, 2.45) is 11.7 Å². The predicted molar refractivity (Wildman–Crippen MR) is 83.5 cm³/mol. The van der Waals surface area contributed by atoms with E-state index in [9.17, 15) is 0 Å². The molecular formula is C14H23BrN4. The zero-order valence-corrected chi connectivity index (χ0v) is 13.4. The smallest absolute Gasteiger partial charge is 0.142 e. The first-order valence-corrected chi connectivity index (χ1v) is 7.69. The van der Waals surface area contributed by atoms with E-state index in [-0.39, 0.29) is 0 Å². The van der Waals surface area contributed by atoms with Crippen LogP contribution in [-0.2, 0) is 0 Å². The lowest BCUT2D eigenvalue weighted by Gasteiger charge is -2.36. The molecule has 1 aromatic rings. The normalized spacial score (nSPS) is 18.6. The van der Waals surface area contributed by atoms with E-state index in [1.54, 1.807) is 0 Å². The Morgan fingerprint density at radius 3 is 2.63 bits per heavy atom. The third-order valence-electron chi connectivity index (χ3n) is 3.60. The fourth-order valence-electron chi connectivity index (χ4n) is 2.42. The van der Waals surface area contributed by atoms with Crippen LogP contribution in [0, 0.1) is 12.8 Å². The van der Waals surface area contributed by atoms with Crippen LogP contribution in [0.25, 0.3) is 0 Å². The molecule has 0 spiro atoms. The summed E-state index contributed by atoms with van der Waals surface area (Å²) in [6, 6.07) is 2.13. The lowest BCUT2D eigenvalue weighted by Crippen LogP contribution is -2.48. The topological polar surface area (TPSA) is 45.4 Å². The van der Waals surface area contributed by atoms with Gasteiger partial charge >= 0.3 is 0 Å². The molecule has 5 heteroatoms. The molecule has 1 aliphatic heterocycles. The van der Waals surface area contributed by atoms with Gasteiger partial charge < -0.3 is 10.6 Å². The maximum absolute atomic E-state index is 5.69. The van der Waals surface area contributed by atoms with Gasteiger partial charge in [0.15, 0.2) is 0 Å². The summed E-state index contributed by atoms with van der Waals surface area (Å²) in [5.74, 6) is 1.65. The monoisotopic (exact) mass is 326 g/mol. The molecule has 1 aromatic heterocycles. The largest absolute Gasteiger partial charge is 0.353 e. The Hall–Kier alpha value is -0.650. The van der Waals surface area contributed by atoms with Crippen molar-refractivity contribution in [1.29, 1.82) is 0 Å². The van der Waals surface area contributed by atoms with Crippen LogP contribution in [0.2, 0.25) is 0 Å². The van der Waals surface area contributed by atoms with Crippen LogP contribution in [0.1, 0.15) is 12.5 Å². The summed E-state index contributed by atoms with van der Waals surface area (Å²) in [7, 11) is 0. The summed E-state index contributed by atoms with van der Waals surface area (Å²) in [4.78, 5) is 9.39. The number of hydrogen-bond acceptors (Lipinski definition) is 4. The first-order chi connectivity index (χ1) is 9.10. The average Bonchev–Trinajstić information content (AvgIpc) is 2.40. The molecule has 0 amide bonds. The van der Waals surface area contributed by atoms with Gasteiger partial charge in [-0.3, -0.25) is 4.90 Å². The highest BCUT2D eigenvalue weighted by Gasteiger charge is 2.20. The Morgan fingerprint density at radius 2 is 2.05 bits per heavy atom. The number of aryl methyl sites for hydroxylation is 1. The number of anilines is 1. The Bertz CT molecular complexity index is 416. The van der Waals surface area contributed by atoms with Gasteiger partial charge in [-0.15, -0.1) is 0 Å². The van der Waals surface area contributed by atoms with Crippen molar-refractivity contribution in [3.8, 4) is 0 Å². The first-order valence-electron chi connectivity index (χ1n) is 6.89. The zero-order chi connectivity index (χ0) is 13.8. The average molecular weight is 327 g/mol. The minimum Gasteiger partial charge on any atom is -0.353 e. The zero-order valence-electron chi connectivity index (χ0n) is 11.8. The van der Waals surface area contributed by atoms with Gasteiger partial charge in [0.25, 0.3) is 0 Å². The molecule has 0 saturated carbocycles. The highest BCUT2D eigenvalue weighted by atomic mass is 79.9. The van der Waals surface area contributed by atoms with Gasteiger partial charge in [0.2, 0.25) is 0 Å². The number of hydrogen-bond donors (Lipinski definition) is 1. The van der Waals surface area contributed by atoms with Crippen LogP contribution in [-0.4, -0.2) is 49.2 Å². The first kappa shape index (κ1) is 14.8. The number of halogens is 1. The lowest BCUT2D eigenvalue weighted by molar-refractivity contribution is 0.226. The van der Waals surface area contributed by atoms with Crippen molar-refractivity contribution in [3.63, 3.8) is 0 Å². The minimum absolute atomic E-state index is 0.579. The number of rotatable bonds is 4. The van der Waals surface area contributed by atoms with E-state index in [4.69, 9.17) is 5.73 Å². The van der Waals surface area contributed by atoms with E-state index in [0.29, 0.717) is 5.92 Å². The van der Waals surface area contributed by atoms with E-state index in [1.807, 2.05) is 6.20 Å². The molecule has 2 N–H and O–H groups in total. The Labute approximate surface area is 124 Å². The van der Waals surface area contributed by atoms with Crippen molar-refractivity contribution < 1.29 is 0 Å². The molecule has 1 saturated heterocycles. The third-order valence-corrected chi connectivity index (χ3v) is 4.19. The molecule has 106 valence electrons. The highest BCUT2D eigenvalue weighted by Crippen LogP contribution is 2.25. The Morgan fingerprint density at radius 1 is 1.37 bits per heavy atom. The standard InChI is InChI=1S/C14H23BrN4/c1-11-7-13(15)14(17-9-11)19-5-3-18(4-6-19)10-12(2)8-16/h7,9,12H,3-6,8,10,16H2,1-2H3. The van der Waals surface area contributed by atoms with Gasteiger partial charge in [0.05, 0.1) is 4.47 Å². The molecule has 1 fully saturated rings. The van der Waals surface area contributed by atoms with Crippen molar-refractivity contribution in [2.45, 2.75) is 13.8 Å². The minimum atomic E-state index is 0.579. The number of nitrogens with two attached hydrogens (primary N) is 1. The van der Waals surface area contributed by atoms with Crippen molar-refractivity contribution in [3.05, 3.63) is 22.3 Å². The van der Waals surface area contributed by atoms with Crippen molar-refractivity contribution in [2.75, 3.05) is 44.2 Å². The van der Waals surface area contributed by atoms with Gasteiger partial charge in [-0.1, -0.05) is 6.92 Å². The maximum Gasteiger partial charge on any atom is 0.142 e. The third kappa shape index (κ3) is 3.91. The predicted octanol–water partition coefficient (Wildman–Crippen LogP) is 1.87. The summed E-state index contributed by atoms with van der Waals surface area (Å²) in [6.45, 7) is 10.4. The van der Waals surface area contributed by atoms with Gasteiger partial charge in [-0.2, -0.15) is 0 Å². The van der Waals surface area contributed by atoms with E-state index in [1.165, 1.54) is 5.56 Å².